The summed E-state index contributed by atoms with van der Waals surface area (Å²) in [5.41, 5.74) is 1.96. The molecule has 2 rings (SSSR count). The van der Waals surface area contributed by atoms with E-state index in [9.17, 15) is 4.79 Å². The molecule has 0 unspecified atom stereocenters. The first-order valence-electron chi connectivity index (χ1n) is 4.58. The number of aromatic carboxylic acids is 1. The second kappa shape index (κ2) is 3.30. The summed E-state index contributed by atoms with van der Waals surface area (Å²) in [6.07, 6.45) is 0.682. The van der Waals surface area contributed by atoms with Gasteiger partial charge >= 0.3 is 5.97 Å². The number of carboxylic acids is 1. The van der Waals surface area contributed by atoms with E-state index >= 15 is 0 Å². The van der Waals surface area contributed by atoms with Crippen LogP contribution in [-0.4, -0.2) is 30.9 Å². The second-order valence-electron chi connectivity index (χ2n) is 3.20. The molecule has 0 aliphatic heterocycles. The Kier molecular flexibility index (Phi) is 2.11. The number of nitrogens with zero attached hydrogens (tertiary/aromatic N) is 4. The van der Waals surface area contributed by atoms with Crippen LogP contribution in [0.25, 0.3) is 5.65 Å². The highest BCUT2D eigenvalue weighted by molar-refractivity contribution is 5.86. The normalized spacial score (nSPS) is 10.8. The molecule has 2 aromatic rings. The van der Waals surface area contributed by atoms with Gasteiger partial charge in [0.1, 0.15) is 5.69 Å². The summed E-state index contributed by atoms with van der Waals surface area (Å²) >= 11 is 0. The Morgan fingerprint density at radius 1 is 1.60 bits per heavy atom. The van der Waals surface area contributed by atoms with Crippen LogP contribution in [0.15, 0.2) is 6.07 Å². The van der Waals surface area contributed by atoms with Crippen LogP contribution in [0.4, 0.5) is 0 Å². The molecule has 0 aliphatic rings. The molecule has 6 heteroatoms. The number of carbonyl (C=O) groups is 1. The van der Waals surface area contributed by atoms with E-state index in [0.717, 1.165) is 5.69 Å². The summed E-state index contributed by atoms with van der Waals surface area (Å²) < 4.78 is 1.25. The van der Waals surface area contributed by atoms with Crippen LogP contribution in [0.2, 0.25) is 0 Å². The fourth-order valence-corrected chi connectivity index (χ4v) is 1.36. The number of rotatable bonds is 2. The first kappa shape index (κ1) is 9.57. The summed E-state index contributed by atoms with van der Waals surface area (Å²) in [6, 6.07) is 1.52. The van der Waals surface area contributed by atoms with Crippen LogP contribution < -0.4 is 0 Å². The van der Waals surface area contributed by atoms with Crippen LogP contribution >= 0.6 is 0 Å². The highest BCUT2D eigenvalue weighted by Gasteiger charge is 2.14. The first-order valence-corrected chi connectivity index (χ1v) is 4.58. The molecule has 1 N–H and O–H groups in total. The monoisotopic (exact) mass is 206 g/mol. The van der Waals surface area contributed by atoms with Crippen molar-refractivity contribution in [2.24, 2.45) is 0 Å². The number of fused-ring (bicyclic) bond motifs is 1. The van der Waals surface area contributed by atoms with Gasteiger partial charge in [-0.2, -0.15) is 4.52 Å². The van der Waals surface area contributed by atoms with Gasteiger partial charge in [-0.25, -0.2) is 9.78 Å². The number of hydrogen-bond donors (Lipinski definition) is 1. The highest BCUT2D eigenvalue weighted by Crippen LogP contribution is 2.10. The molecule has 0 saturated carbocycles. The van der Waals surface area contributed by atoms with Crippen molar-refractivity contribution in [3.05, 3.63) is 23.1 Å². The maximum Gasteiger partial charge on any atom is 0.354 e. The van der Waals surface area contributed by atoms with Crippen LogP contribution in [-0.2, 0) is 6.42 Å². The van der Waals surface area contributed by atoms with Crippen molar-refractivity contribution in [2.75, 3.05) is 0 Å². The zero-order valence-electron chi connectivity index (χ0n) is 8.43. The molecule has 0 fully saturated rings. The van der Waals surface area contributed by atoms with E-state index in [0.29, 0.717) is 17.8 Å². The molecule has 2 heterocycles. The molecular weight excluding hydrogens is 196 g/mol. The van der Waals surface area contributed by atoms with E-state index in [2.05, 4.69) is 15.3 Å². The van der Waals surface area contributed by atoms with E-state index in [-0.39, 0.29) is 5.69 Å². The van der Waals surface area contributed by atoms with Crippen molar-refractivity contribution < 1.29 is 9.90 Å². The smallest absolute Gasteiger partial charge is 0.354 e. The van der Waals surface area contributed by atoms with Gasteiger partial charge in [0.2, 0.25) is 0 Å². The maximum absolute atomic E-state index is 11.0. The lowest BCUT2D eigenvalue weighted by molar-refractivity contribution is 0.0686. The lowest BCUT2D eigenvalue weighted by Gasteiger charge is -2.01. The van der Waals surface area contributed by atoms with Gasteiger partial charge in [-0.1, -0.05) is 12.1 Å². The molecule has 0 radical (unpaired) electrons. The lowest BCUT2D eigenvalue weighted by Crippen LogP contribution is -2.09. The largest absolute Gasteiger partial charge is 0.477 e. The average molecular weight is 206 g/mol. The van der Waals surface area contributed by atoms with Gasteiger partial charge in [-0.15, -0.1) is 5.10 Å². The third-order valence-corrected chi connectivity index (χ3v) is 2.17. The summed E-state index contributed by atoms with van der Waals surface area (Å²) in [4.78, 5) is 15.2. The number of aromatic nitrogens is 4. The predicted octanol–water partition coefficient (Wildman–Crippen LogP) is 0.693. The van der Waals surface area contributed by atoms with Crippen molar-refractivity contribution >= 4 is 11.6 Å². The number of carboxylic acid groups (broad SMARTS) is 1. The number of hydrogen-bond acceptors (Lipinski definition) is 4. The van der Waals surface area contributed by atoms with Crippen molar-refractivity contribution in [1.82, 2.24) is 19.8 Å². The van der Waals surface area contributed by atoms with Crippen molar-refractivity contribution in [3.63, 3.8) is 0 Å². The Morgan fingerprint density at radius 3 is 2.93 bits per heavy atom. The Morgan fingerprint density at radius 2 is 2.33 bits per heavy atom. The molecule has 15 heavy (non-hydrogen) atoms. The predicted molar refractivity (Wildman–Crippen MR) is 51.9 cm³/mol. The minimum Gasteiger partial charge on any atom is -0.477 e. The maximum atomic E-state index is 11.0. The standard InChI is InChI=1S/C9H10N4O2/c1-3-6-4-7(9(14)15)13-8(10-6)5(2)11-12-13/h4H,3H2,1-2H3,(H,14,15). The van der Waals surface area contributed by atoms with Crippen molar-refractivity contribution in [3.8, 4) is 0 Å². The quantitative estimate of drug-likeness (QED) is 0.782. The summed E-state index contributed by atoms with van der Waals surface area (Å²) in [7, 11) is 0. The first-order chi connectivity index (χ1) is 7.13. The van der Waals surface area contributed by atoms with E-state index in [1.807, 2.05) is 6.92 Å². The van der Waals surface area contributed by atoms with Gasteiger partial charge in [-0.05, 0) is 19.4 Å². The van der Waals surface area contributed by atoms with Crippen molar-refractivity contribution in [1.29, 1.82) is 0 Å². The minimum atomic E-state index is -1.03. The third kappa shape index (κ3) is 1.43. The van der Waals surface area contributed by atoms with Gasteiger partial charge in [0.05, 0.1) is 0 Å². The topological polar surface area (TPSA) is 80.4 Å². The Balaban J connectivity index is 2.82. The van der Waals surface area contributed by atoms with Gasteiger partial charge < -0.3 is 5.11 Å². The van der Waals surface area contributed by atoms with Gasteiger partial charge in [0.25, 0.3) is 0 Å². The van der Waals surface area contributed by atoms with E-state index in [1.165, 1.54) is 10.6 Å². The average Bonchev–Trinajstić information content (AvgIpc) is 2.59. The highest BCUT2D eigenvalue weighted by atomic mass is 16.4. The lowest BCUT2D eigenvalue weighted by atomic mass is 10.2. The Bertz CT molecular complexity index is 532. The molecule has 0 bridgehead atoms. The Hall–Kier alpha value is -1.98. The van der Waals surface area contributed by atoms with E-state index in [4.69, 9.17) is 5.11 Å². The van der Waals surface area contributed by atoms with Crippen LogP contribution in [0.5, 0.6) is 0 Å². The zero-order chi connectivity index (χ0) is 11.0. The summed E-state index contributed by atoms with van der Waals surface area (Å²) in [5, 5.41) is 16.5. The van der Waals surface area contributed by atoms with Gasteiger partial charge in [0.15, 0.2) is 11.3 Å². The van der Waals surface area contributed by atoms with Gasteiger partial charge in [0, 0.05) is 5.69 Å². The minimum absolute atomic E-state index is 0.0949. The van der Waals surface area contributed by atoms with E-state index in [1.54, 1.807) is 6.92 Å². The fraction of sp³-hybridized carbons (Fsp3) is 0.333. The molecule has 0 atom stereocenters. The third-order valence-electron chi connectivity index (χ3n) is 2.17. The molecule has 0 spiro atoms. The molecule has 0 saturated heterocycles. The SMILES string of the molecule is CCc1cc(C(=O)O)n2nnc(C)c2n1. The second-order valence-corrected chi connectivity index (χ2v) is 3.20. The summed E-state index contributed by atoms with van der Waals surface area (Å²) in [5.74, 6) is -1.03. The molecule has 0 amide bonds. The van der Waals surface area contributed by atoms with Crippen molar-refractivity contribution in [2.45, 2.75) is 20.3 Å². The molecule has 0 aromatic carbocycles. The summed E-state index contributed by atoms with van der Waals surface area (Å²) in [6.45, 7) is 3.67. The Labute approximate surface area is 85.6 Å². The molecular formula is C9H10N4O2. The molecule has 0 aliphatic carbocycles. The van der Waals surface area contributed by atoms with Gasteiger partial charge in [-0.3, -0.25) is 0 Å². The van der Waals surface area contributed by atoms with E-state index < -0.39 is 5.97 Å². The zero-order valence-corrected chi connectivity index (χ0v) is 8.43. The van der Waals surface area contributed by atoms with Crippen LogP contribution in [0.3, 0.4) is 0 Å². The molecule has 6 nitrogen and oxygen atoms in total. The fourth-order valence-electron chi connectivity index (χ4n) is 1.36. The number of aryl methyl sites for hydroxylation is 2. The molecule has 78 valence electrons. The molecule has 2 aromatic heterocycles. The van der Waals surface area contributed by atoms with Crippen LogP contribution in [0, 0.1) is 6.92 Å². The van der Waals surface area contributed by atoms with Crippen LogP contribution in [0.1, 0.15) is 28.8 Å².